The maximum atomic E-state index is 6.00. The molecule has 0 radical (unpaired) electrons. The van der Waals surface area contributed by atoms with Gasteiger partial charge in [-0.15, -0.1) is 5.54 Å². The molecule has 0 fully saturated rings. The number of nitrogen functional groups attached to an aromatic ring is 1. The van der Waals surface area contributed by atoms with E-state index in [1.54, 1.807) is 0 Å². The molecule has 2 rings (SSSR count). The lowest BCUT2D eigenvalue weighted by Crippen LogP contribution is -2.43. The van der Waals surface area contributed by atoms with E-state index in [-0.39, 0.29) is 0 Å². The fraction of sp³-hybridized carbons (Fsp3) is 0.526. The Labute approximate surface area is 156 Å². The van der Waals surface area contributed by atoms with Gasteiger partial charge >= 0.3 is 0 Å². The minimum atomic E-state index is -1.80. The summed E-state index contributed by atoms with van der Waals surface area (Å²) in [4.78, 5) is 13.2. The number of rotatable bonds is 4. The van der Waals surface area contributed by atoms with Crippen LogP contribution in [0.1, 0.15) is 47.1 Å². The third-order valence-corrected chi connectivity index (χ3v) is 11.9. The first-order valence-electron chi connectivity index (χ1n) is 8.72. The third-order valence-electron chi connectivity index (χ3n) is 5.03. The number of pyridine rings is 1. The van der Waals surface area contributed by atoms with E-state index < -0.39 is 8.07 Å². The number of aromatic nitrogens is 3. The second kappa shape index (κ2) is 7.75. The number of nitrogens with two attached hydrogens (primary N) is 1. The van der Waals surface area contributed by atoms with Gasteiger partial charge in [0.2, 0.25) is 0 Å². The molecule has 0 aliphatic heterocycles. The van der Waals surface area contributed by atoms with Crippen LogP contribution in [0.15, 0.2) is 17.4 Å². The third kappa shape index (κ3) is 3.83. The lowest BCUT2D eigenvalue weighted by molar-refractivity contribution is 0.838. The predicted molar refractivity (Wildman–Crippen MR) is 111 cm³/mol. The van der Waals surface area contributed by atoms with Crippen LogP contribution >= 0.6 is 11.8 Å². The zero-order valence-corrected chi connectivity index (χ0v) is 18.0. The summed E-state index contributed by atoms with van der Waals surface area (Å²) >= 11 is 1.49. The van der Waals surface area contributed by atoms with E-state index in [4.69, 9.17) is 5.73 Å². The second-order valence-electron chi connectivity index (χ2n) is 7.34. The van der Waals surface area contributed by atoms with Gasteiger partial charge in [-0.25, -0.2) is 15.0 Å². The molecule has 2 N–H and O–H groups in total. The summed E-state index contributed by atoms with van der Waals surface area (Å²) in [5.41, 5.74) is 13.0. The quantitative estimate of drug-likeness (QED) is 0.358. The molecule has 0 aliphatic carbocycles. The van der Waals surface area contributed by atoms with Crippen LogP contribution in [-0.2, 0) is 0 Å². The molecule has 0 amide bonds. The highest BCUT2D eigenvalue weighted by atomic mass is 32.2. The average molecular weight is 373 g/mol. The van der Waals surface area contributed by atoms with Crippen molar-refractivity contribution in [3.8, 4) is 11.5 Å². The number of hydrogen-bond acceptors (Lipinski definition) is 5. The van der Waals surface area contributed by atoms with Gasteiger partial charge in [-0.1, -0.05) is 59.2 Å². The molecule has 2 heterocycles. The van der Waals surface area contributed by atoms with Gasteiger partial charge in [0.1, 0.15) is 13.9 Å². The normalized spacial score (nSPS) is 12.1. The predicted octanol–water partition coefficient (Wildman–Crippen LogP) is 4.90. The summed E-state index contributed by atoms with van der Waals surface area (Å²) in [5.74, 6) is 3.91. The molecule has 0 saturated heterocycles. The number of fused-ring (bicyclic) bond motifs is 1. The molecular formula is C19H28N4SSi. The minimum absolute atomic E-state index is 0.452. The van der Waals surface area contributed by atoms with Crippen LogP contribution in [-0.4, -0.2) is 29.3 Å². The van der Waals surface area contributed by atoms with Crippen LogP contribution in [0.3, 0.4) is 0 Å². The Morgan fingerprint density at radius 3 is 2.16 bits per heavy atom. The van der Waals surface area contributed by atoms with Gasteiger partial charge < -0.3 is 5.73 Å². The molecule has 0 aromatic carbocycles. The Balaban J connectivity index is 2.66. The maximum Gasteiger partial charge on any atom is 0.189 e. The molecule has 0 spiro atoms. The van der Waals surface area contributed by atoms with E-state index >= 15 is 0 Å². The summed E-state index contributed by atoms with van der Waals surface area (Å²) in [6, 6.07) is 1.84. The lowest BCUT2D eigenvalue weighted by atomic mass is 10.2. The van der Waals surface area contributed by atoms with Crippen LogP contribution in [0.4, 0.5) is 5.82 Å². The van der Waals surface area contributed by atoms with Crippen molar-refractivity contribution < 1.29 is 0 Å². The van der Waals surface area contributed by atoms with Crippen LogP contribution in [0.2, 0.25) is 16.6 Å². The summed E-state index contributed by atoms with van der Waals surface area (Å²) in [7, 11) is -1.80. The molecule has 4 nitrogen and oxygen atoms in total. The van der Waals surface area contributed by atoms with Crippen LogP contribution in [0.25, 0.3) is 11.0 Å². The van der Waals surface area contributed by atoms with Crippen LogP contribution in [0, 0.1) is 11.5 Å². The second-order valence-corrected chi connectivity index (χ2v) is 13.7. The van der Waals surface area contributed by atoms with Crippen molar-refractivity contribution in [3.05, 3.63) is 17.8 Å². The van der Waals surface area contributed by atoms with E-state index in [0.717, 1.165) is 10.9 Å². The lowest BCUT2D eigenvalue weighted by Gasteiger charge is -2.38. The Hall–Kier alpha value is -1.58. The van der Waals surface area contributed by atoms with Gasteiger partial charge in [0.15, 0.2) is 10.8 Å². The maximum absolute atomic E-state index is 6.00. The van der Waals surface area contributed by atoms with E-state index in [9.17, 15) is 0 Å². The van der Waals surface area contributed by atoms with Crippen molar-refractivity contribution in [2.24, 2.45) is 0 Å². The van der Waals surface area contributed by atoms with Crippen molar-refractivity contribution in [2.75, 3.05) is 12.0 Å². The molecular weight excluding hydrogens is 344 g/mol. The minimum Gasteiger partial charge on any atom is -0.384 e. The highest BCUT2D eigenvalue weighted by Crippen LogP contribution is 2.40. The van der Waals surface area contributed by atoms with Crippen molar-refractivity contribution in [3.63, 3.8) is 0 Å². The number of anilines is 1. The fourth-order valence-electron chi connectivity index (χ4n) is 3.82. The molecule has 6 heteroatoms. The summed E-state index contributed by atoms with van der Waals surface area (Å²) in [6.07, 6.45) is 3.76. The first kappa shape index (κ1) is 19.7. The van der Waals surface area contributed by atoms with Gasteiger partial charge in [-0.2, -0.15) is 0 Å². The highest BCUT2D eigenvalue weighted by Gasteiger charge is 2.41. The summed E-state index contributed by atoms with van der Waals surface area (Å²) in [5, 5.41) is 1.57. The van der Waals surface area contributed by atoms with Gasteiger partial charge in [-0.3, -0.25) is 0 Å². The zero-order chi connectivity index (χ0) is 18.8. The number of hydrogen-bond donors (Lipinski definition) is 1. The van der Waals surface area contributed by atoms with Gasteiger partial charge in [0.05, 0.1) is 5.39 Å². The van der Waals surface area contributed by atoms with E-state index in [2.05, 4.69) is 68.0 Å². The zero-order valence-electron chi connectivity index (χ0n) is 16.2. The van der Waals surface area contributed by atoms with Crippen molar-refractivity contribution in [1.29, 1.82) is 0 Å². The van der Waals surface area contributed by atoms with E-state index in [1.165, 1.54) is 11.8 Å². The largest absolute Gasteiger partial charge is 0.384 e. The Bertz CT molecular complexity index is 799. The molecule has 0 unspecified atom stereocenters. The Morgan fingerprint density at radius 2 is 1.64 bits per heavy atom. The first-order chi connectivity index (χ1) is 11.7. The topological polar surface area (TPSA) is 64.7 Å². The van der Waals surface area contributed by atoms with Gasteiger partial charge in [0, 0.05) is 11.8 Å². The molecule has 0 saturated carbocycles. The number of nitrogens with zero attached hydrogens (tertiary/aromatic N) is 3. The van der Waals surface area contributed by atoms with E-state index in [0.29, 0.717) is 33.2 Å². The molecule has 134 valence electrons. The molecule has 2 aromatic rings. The molecule has 25 heavy (non-hydrogen) atoms. The monoisotopic (exact) mass is 372 g/mol. The summed E-state index contributed by atoms with van der Waals surface area (Å²) in [6.45, 7) is 13.9. The Morgan fingerprint density at radius 1 is 1.04 bits per heavy atom. The smallest absolute Gasteiger partial charge is 0.189 e. The van der Waals surface area contributed by atoms with Crippen LogP contribution < -0.4 is 5.73 Å². The highest BCUT2D eigenvalue weighted by molar-refractivity contribution is 7.98. The van der Waals surface area contributed by atoms with Gasteiger partial charge in [-0.05, 0) is 28.9 Å². The average Bonchev–Trinajstić information content (AvgIpc) is 2.53. The van der Waals surface area contributed by atoms with Gasteiger partial charge in [0.25, 0.3) is 0 Å². The van der Waals surface area contributed by atoms with Crippen molar-refractivity contribution >= 4 is 36.7 Å². The number of thioether (sulfide) groups is 1. The van der Waals surface area contributed by atoms with Crippen molar-refractivity contribution in [1.82, 2.24) is 15.0 Å². The summed E-state index contributed by atoms with van der Waals surface area (Å²) < 4.78 is 0. The molecule has 2 aromatic heterocycles. The molecule has 0 aliphatic rings. The fourth-order valence-corrected chi connectivity index (χ4v) is 9.38. The SMILES string of the molecule is CSc1ncc2c(C#C[Si](C(C)C)(C(C)C)C(C)C)cc(N)nc2n1. The standard InChI is InChI=1S/C19H28N4SSi/c1-12(2)25(13(3)4,14(5)6)9-8-15-10-17(20)22-18-16(15)11-21-19(23-18)24-7/h10-14H,1-7H3,(H2,20,21,22,23). The van der Waals surface area contributed by atoms with Crippen LogP contribution in [0.5, 0.6) is 0 Å². The Kier molecular flexibility index (Phi) is 6.12. The first-order valence-corrected chi connectivity index (χ1v) is 12.2. The molecule has 0 atom stereocenters. The molecule has 0 bridgehead atoms. The van der Waals surface area contributed by atoms with E-state index in [1.807, 2.05) is 18.5 Å². The van der Waals surface area contributed by atoms with Crippen molar-refractivity contribution in [2.45, 2.75) is 63.3 Å².